The van der Waals surface area contributed by atoms with Crippen molar-refractivity contribution in [3.63, 3.8) is 0 Å². The molecule has 0 aliphatic carbocycles. The van der Waals surface area contributed by atoms with Crippen molar-refractivity contribution in [2.45, 2.75) is 26.1 Å². The number of nitriles is 2. The molecule has 0 fully saturated rings. The quantitative estimate of drug-likeness (QED) is 0.805. The molecule has 28 heavy (non-hydrogen) atoms. The molecule has 2 atom stereocenters. The Morgan fingerprint density at radius 3 is 2.54 bits per heavy atom. The molecule has 2 N–H and O–H groups in total. The van der Waals surface area contributed by atoms with E-state index < -0.39 is 12.3 Å². The summed E-state index contributed by atoms with van der Waals surface area (Å²) in [6.45, 7) is 3.60. The molecule has 142 valence electrons. The second kappa shape index (κ2) is 8.18. The maximum Gasteiger partial charge on any atom is 0.240 e. The van der Waals surface area contributed by atoms with E-state index >= 15 is 0 Å². The van der Waals surface area contributed by atoms with E-state index in [4.69, 9.17) is 26.9 Å². The lowest BCUT2D eigenvalue weighted by molar-refractivity contribution is 0.0493. The predicted octanol–water partition coefficient (Wildman–Crippen LogP) is 3.16. The van der Waals surface area contributed by atoms with Crippen LogP contribution >= 0.6 is 11.6 Å². The molecule has 0 radical (unpaired) electrons. The number of halogens is 1. The van der Waals surface area contributed by atoms with Gasteiger partial charge in [0.2, 0.25) is 5.90 Å². The molecule has 0 saturated heterocycles. The lowest BCUT2D eigenvalue weighted by Gasteiger charge is -2.29. The summed E-state index contributed by atoms with van der Waals surface area (Å²) in [5.41, 5.74) is 3.09. The Hall–Kier alpha value is -3.26. The molecular weight excluding hydrogens is 378 g/mol. The molecule has 0 amide bonds. The predicted molar refractivity (Wildman–Crippen MR) is 105 cm³/mol. The van der Waals surface area contributed by atoms with Crippen LogP contribution in [0, 0.1) is 29.6 Å². The second-order valence-electron chi connectivity index (χ2n) is 6.35. The SMILES string of the molecule is Cc1c(N[C@H]([C@H](C)O)N2COC(c3ccc(C#N)cc3)=N2)ccc(C#N)c1Cl. The highest BCUT2D eigenvalue weighted by atomic mass is 35.5. The third kappa shape index (κ3) is 3.86. The van der Waals surface area contributed by atoms with Gasteiger partial charge in [0, 0.05) is 11.3 Å². The van der Waals surface area contributed by atoms with Gasteiger partial charge in [-0.25, -0.2) is 5.01 Å². The van der Waals surface area contributed by atoms with Crippen LogP contribution in [0.1, 0.15) is 29.2 Å². The minimum Gasteiger partial charge on any atom is -0.453 e. The number of nitrogens with zero attached hydrogens (tertiary/aromatic N) is 4. The number of hydrogen-bond donors (Lipinski definition) is 2. The van der Waals surface area contributed by atoms with Gasteiger partial charge < -0.3 is 15.2 Å². The Balaban J connectivity index is 1.83. The molecule has 1 heterocycles. The van der Waals surface area contributed by atoms with E-state index in [1.54, 1.807) is 55.3 Å². The first kappa shape index (κ1) is 19.5. The van der Waals surface area contributed by atoms with Gasteiger partial charge in [-0.1, -0.05) is 11.6 Å². The van der Waals surface area contributed by atoms with Crippen LogP contribution in [0.4, 0.5) is 5.69 Å². The van der Waals surface area contributed by atoms with Crippen LogP contribution in [-0.4, -0.2) is 35.0 Å². The number of ether oxygens (including phenoxy) is 1. The van der Waals surface area contributed by atoms with E-state index in [-0.39, 0.29) is 6.73 Å². The van der Waals surface area contributed by atoms with E-state index in [2.05, 4.69) is 16.5 Å². The summed E-state index contributed by atoms with van der Waals surface area (Å²) in [4.78, 5) is 0. The molecule has 0 saturated carbocycles. The number of nitrogens with one attached hydrogen (secondary N) is 1. The van der Waals surface area contributed by atoms with Crippen molar-refractivity contribution < 1.29 is 9.84 Å². The third-order valence-electron chi connectivity index (χ3n) is 4.40. The third-order valence-corrected chi connectivity index (χ3v) is 4.89. The average molecular weight is 396 g/mol. The summed E-state index contributed by atoms with van der Waals surface area (Å²) in [7, 11) is 0. The Bertz CT molecular complexity index is 989. The first-order valence-electron chi connectivity index (χ1n) is 8.57. The smallest absolute Gasteiger partial charge is 0.240 e. The lowest BCUT2D eigenvalue weighted by Crippen LogP contribution is -2.44. The zero-order valence-electron chi connectivity index (χ0n) is 15.3. The van der Waals surface area contributed by atoms with Gasteiger partial charge in [0.1, 0.15) is 12.2 Å². The summed E-state index contributed by atoms with van der Waals surface area (Å²) < 4.78 is 5.66. The fourth-order valence-corrected chi connectivity index (χ4v) is 3.01. The maximum absolute atomic E-state index is 10.3. The van der Waals surface area contributed by atoms with E-state index in [1.807, 2.05) is 6.07 Å². The number of benzene rings is 2. The Morgan fingerprint density at radius 1 is 1.21 bits per heavy atom. The topological polar surface area (TPSA) is 105 Å². The van der Waals surface area contributed by atoms with Crippen molar-refractivity contribution in [2.75, 3.05) is 12.0 Å². The zero-order valence-corrected chi connectivity index (χ0v) is 16.1. The average Bonchev–Trinajstić information content (AvgIpc) is 3.18. The Labute approximate surface area is 168 Å². The standard InChI is InChI=1S/C20H18ClN5O2/c1-12-17(8-7-16(10-23)18(12)21)24-19(13(2)27)26-11-28-20(25-26)15-5-3-14(9-22)4-6-15/h3-8,13,19,24,27H,11H2,1-2H3/t13-,19-/m0/s1. The minimum atomic E-state index is -0.776. The molecule has 0 spiro atoms. The molecule has 3 rings (SSSR count). The van der Waals surface area contributed by atoms with E-state index in [9.17, 15) is 5.11 Å². The summed E-state index contributed by atoms with van der Waals surface area (Å²) >= 11 is 6.24. The Kier molecular flexibility index (Phi) is 5.70. The normalized spacial score (nSPS) is 15.1. The van der Waals surface area contributed by atoms with Crippen molar-refractivity contribution in [3.05, 3.63) is 63.7 Å². The molecule has 8 heteroatoms. The van der Waals surface area contributed by atoms with Gasteiger partial charge in [-0.3, -0.25) is 0 Å². The summed E-state index contributed by atoms with van der Waals surface area (Å²) in [5, 5.41) is 37.9. The summed E-state index contributed by atoms with van der Waals surface area (Å²) in [6, 6.07) is 14.4. The number of hydrazone groups is 1. The van der Waals surface area contributed by atoms with Crippen molar-refractivity contribution in [1.29, 1.82) is 10.5 Å². The monoisotopic (exact) mass is 395 g/mol. The second-order valence-corrected chi connectivity index (χ2v) is 6.73. The van der Waals surface area contributed by atoms with Gasteiger partial charge in [0.15, 0.2) is 6.73 Å². The molecule has 0 aromatic heterocycles. The molecule has 1 aliphatic heterocycles. The van der Waals surface area contributed by atoms with Gasteiger partial charge >= 0.3 is 0 Å². The van der Waals surface area contributed by atoms with Crippen LogP contribution in [0.2, 0.25) is 5.02 Å². The summed E-state index contributed by atoms with van der Waals surface area (Å²) in [6.07, 6.45) is -1.35. The molecular formula is C20H18ClN5O2. The molecule has 0 unspecified atom stereocenters. The first-order chi connectivity index (χ1) is 13.4. The van der Waals surface area contributed by atoms with Crippen LogP contribution in [0.15, 0.2) is 41.5 Å². The summed E-state index contributed by atoms with van der Waals surface area (Å²) in [5.74, 6) is 0.409. The molecule has 1 aliphatic rings. The number of anilines is 1. The van der Waals surface area contributed by atoms with Crippen LogP contribution in [-0.2, 0) is 4.74 Å². The maximum atomic E-state index is 10.3. The lowest BCUT2D eigenvalue weighted by atomic mass is 10.1. The molecule has 0 bridgehead atoms. The van der Waals surface area contributed by atoms with E-state index in [1.165, 1.54) is 0 Å². The fourth-order valence-electron chi connectivity index (χ4n) is 2.80. The Morgan fingerprint density at radius 2 is 1.93 bits per heavy atom. The van der Waals surface area contributed by atoms with E-state index in [0.717, 1.165) is 5.56 Å². The van der Waals surface area contributed by atoms with Crippen molar-refractivity contribution in [2.24, 2.45) is 5.10 Å². The van der Waals surface area contributed by atoms with Crippen LogP contribution in [0.25, 0.3) is 0 Å². The van der Waals surface area contributed by atoms with Crippen molar-refractivity contribution >= 4 is 23.2 Å². The number of hydrogen-bond acceptors (Lipinski definition) is 7. The zero-order chi connectivity index (χ0) is 20.3. The number of aliphatic hydroxyl groups excluding tert-OH is 1. The first-order valence-corrected chi connectivity index (χ1v) is 8.94. The van der Waals surface area contributed by atoms with Gasteiger partial charge in [0.05, 0.1) is 28.3 Å². The van der Waals surface area contributed by atoms with Crippen LogP contribution in [0.3, 0.4) is 0 Å². The highest BCUT2D eigenvalue weighted by Crippen LogP contribution is 2.28. The van der Waals surface area contributed by atoms with Gasteiger partial charge in [0.25, 0.3) is 0 Å². The highest BCUT2D eigenvalue weighted by molar-refractivity contribution is 6.32. The van der Waals surface area contributed by atoms with Crippen molar-refractivity contribution in [1.82, 2.24) is 5.01 Å². The van der Waals surface area contributed by atoms with Gasteiger partial charge in [-0.15, -0.1) is 5.10 Å². The largest absolute Gasteiger partial charge is 0.453 e. The van der Waals surface area contributed by atoms with Gasteiger partial charge in [-0.05, 0) is 55.8 Å². The highest BCUT2D eigenvalue weighted by Gasteiger charge is 2.28. The molecule has 7 nitrogen and oxygen atoms in total. The van der Waals surface area contributed by atoms with Crippen LogP contribution < -0.4 is 5.32 Å². The number of aliphatic hydroxyl groups is 1. The molecule has 2 aromatic rings. The van der Waals surface area contributed by atoms with E-state index in [0.29, 0.717) is 33.3 Å². The minimum absolute atomic E-state index is 0.154. The van der Waals surface area contributed by atoms with Crippen LogP contribution in [0.5, 0.6) is 0 Å². The number of rotatable bonds is 5. The molecule has 2 aromatic carbocycles. The van der Waals surface area contributed by atoms with Gasteiger partial charge in [-0.2, -0.15) is 10.5 Å². The van der Waals surface area contributed by atoms with Crippen molar-refractivity contribution in [3.8, 4) is 12.1 Å². The fraction of sp³-hybridized carbons (Fsp3) is 0.250.